The number of hydrogen-bond acceptors (Lipinski definition) is 3. The predicted molar refractivity (Wildman–Crippen MR) is 62.4 cm³/mol. The second-order valence-electron chi connectivity index (χ2n) is 4.30. The van der Waals surface area contributed by atoms with Crippen molar-refractivity contribution in [3.05, 3.63) is 0 Å². The van der Waals surface area contributed by atoms with Crippen LogP contribution in [-0.4, -0.2) is 49.4 Å². The molecule has 2 aliphatic heterocycles. The van der Waals surface area contributed by atoms with Crippen molar-refractivity contribution in [1.29, 1.82) is 0 Å². The van der Waals surface area contributed by atoms with Gasteiger partial charge in [0.05, 0.1) is 12.0 Å². The molecule has 0 saturated carbocycles. The van der Waals surface area contributed by atoms with Crippen molar-refractivity contribution in [3.63, 3.8) is 0 Å². The van der Waals surface area contributed by atoms with E-state index in [9.17, 15) is 9.59 Å². The normalized spacial score (nSPS) is 25.1. The van der Waals surface area contributed by atoms with Crippen molar-refractivity contribution in [3.8, 4) is 0 Å². The zero-order chi connectivity index (χ0) is 10.8. The van der Waals surface area contributed by atoms with E-state index in [0.29, 0.717) is 25.4 Å². The Hall–Kier alpha value is -0.810. The Balaban J connectivity index is 0.00000128. The van der Waals surface area contributed by atoms with Crippen LogP contribution in [0.1, 0.15) is 12.8 Å². The van der Waals surface area contributed by atoms with Crippen LogP contribution in [0.4, 0.5) is 0 Å². The lowest BCUT2D eigenvalue weighted by Gasteiger charge is -2.38. The molecule has 5 nitrogen and oxygen atoms in total. The molecule has 2 rings (SSSR count). The molecule has 0 aromatic rings. The molecule has 0 aromatic heterocycles. The zero-order valence-corrected chi connectivity index (χ0v) is 10.2. The lowest BCUT2D eigenvalue weighted by Crippen LogP contribution is -2.59. The van der Waals surface area contributed by atoms with E-state index in [2.05, 4.69) is 10.6 Å². The summed E-state index contributed by atoms with van der Waals surface area (Å²) < 4.78 is 0. The molecule has 2 amide bonds. The molecule has 0 aliphatic carbocycles. The summed E-state index contributed by atoms with van der Waals surface area (Å²) in [5.41, 5.74) is 0. The first-order valence-electron chi connectivity index (χ1n) is 5.42. The Kier molecular flexibility index (Phi) is 4.56. The number of rotatable bonds is 2. The number of hydrogen-bond donors (Lipinski definition) is 2. The lowest BCUT2D eigenvalue weighted by molar-refractivity contribution is -0.139. The summed E-state index contributed by atoms with van der Waals surface area (Å²) >= 11 is 0. The summed E-state index contributed by atoms with van der Waals surface area (Å²) in [4.78, 5) is 24.8. The fourth-order valence-electron chi connectivity index (χ4n) is 1.96. The van der Waals surface area contributed by atoms with Crippen LogP contribution in [0.15, 0.2) is 0 Å². The first kappa shape index (κ1) is 13.3. The molecule has 6 heteroatoms. The van der Waals surface area contributed by atoms with Gasteiger partial charge in [-0.2, -0.15) is 0 Å². The summed E-state index contributed by atoms with van der Waals surface area (Å²) in [7, 11) is 1.85. The van der Waals surface area contributed by atoms with Crippen LogP contribution in [0.3, 0.4) is 0 Å². The maximum Gasteiger partial charge on any atom is 0.227 e. The van der Waals surface area contributed by atoms with Crippen molar-refractivity contribution in [2.24, 2.45) is 5.92 Å². The number of carbonyl (C=O) groups excluding carboxylic acids is 2. The average molecular weight is 248 g/mol. The van der Waals surface area contributed by atoms with Gasteiger partial charge in [-0.3, -0.25) is 9.59 Å². The zero-order valence-electron chi connectivity index (χ0n) is 9.36. The molecular weight excluding hydrogens is 230 g/mol. The first-order chi connectivity index (χ1) is 7.18. The van der Waals surface area contributed by atoms with Crippen molar-refractivity contribution >= 4 is 24.2 Å². The molecule has 2 heterocycles. The van der Waals surface area contributed by atoms with E-state index in [1.54, 1.807) is 0 Å². The highest BCUT2D eigenvalue weighted by Gasteiger charge is 2.31. The summed E-state index contributed by atoms with van der Waals surface area (Å²) in [6.07, 6.45) is 1.17. The molecule has 0 radical (unpaired) electrons. The number of nitrogens with zero attached hydrogens (tertiary/aromatic N) is 1. The van der Waals surface area contributed by atoms with Gasteiger partial charge in [0.2, 0.25) is 11.8 Å². The van der Waals surface area contributed by atoms with E-state index in [4.69, 9.17) is 0 Å². The third-order valence-electron chi connectivity index (χ3n) is 3.27. The Bertz CT molecular complexity index is 271. The molecule has 2 aliphatic rings. The standard InChI is InChI=1S/C10H17N3O2.ClH/c1-13(8-5-11-6-8)10(15)7-2-3-9(14)12-4-7;/h7-8,11H,2-6H2,1H3,(H,12,14);1H. The minimum atomic E-state index is -0.0201. The molecule has 2 saturated heterocycles. The minimum absolute atomic E-state index is 0. The molecule has 16 heavy (non-hydrogen) atoms. The van der Waals surface area contributed by atoms with E-state index in [0.717, 1.165) is 13.1 Å². The minimum Gasteiger partial charge on any atom is -0.355 e. The topological polar surface area (TPSA) is 61.4 Å². The largest absolute Gasteiger partial charge is 0.355 e. The van der Waals surface area contributed by atoms with Gasteiger partial charge >= 0.3 is 0 Å². The van der Waals surface area contributed by atoms with Crippen LogP contribution < -0.4 is 10.6 Å². The molecule has 1 atom stereocenters. The SMILES string of the molecule is CN(C(=O)C1CCC(=O)NC1)C1CNC1.Cl. The molecule has 0 spiro atoms. The maximum absolute atomic E-state index is 12.0. The Morgan fingerprint density at radius 2 is 2.06 bits per heavy atom. The molecule has 1 unspecified atom stereocenters. The van der Waals surface area contributed by atoms with Gasteiger partial charge in [0, 0.05) is 33.1 Å². The summed E-state index contributed by atoms with van der Waals surface area (Å²) in [6.45, 7) is 2.28. The summed E-state index contributed by atoms with van der Waals surface area (Å²) in [5, 5.41) is 5.88. The Morgan fingerprint density at radius 1 is 1.38 bits per heavy atom. The van der Waals surface area contributed by atoms with Crippen LogP contribution >= 0.6 is 12.4 Å². The van der Waals surface area contributed by atoms with Crippen LogP contribution in [-0.2, 0) is 9.59 Å². The predicted octanol–water partition coefficient (Wildman–Crippen LogP) is -0.635. The quantitative estimate of drug-likeness (QED) is 0.683. The lowest BCUT2D eigenvalue weighted by atomic mass is 9.96. The monoisotopic (exact) mass is 247 g/mol. The molecular formula is C10H18ClN3O2. The third-order valence-corrected chi connectivity index (χ3v) is 3.27. The molecule has 92 valence electrons. The third kappa shape index (κ3) is 2.65. The highest BCUT2D eigenvalue weighted by atomic mass is 35.5. The summed E-state index contributed by atoms with van der Waals surface area (Å²) in [5.74, 6) is 0.210. The number of amides is 2. The van der Waals surface area contributed by atoms with Crippen LogP contribution in [0.25, 0.3) is 0 Å². The molecule has 0 aromatic carbocycles. The Labute approximate surface area is 101 Å². The molecule has 0 bridgehead atoms. The highest BCUT2D eigenvalue weighted by molar-refractivity contribution is 5.85. The van der Waals surface area contributed by atoms with E-state index >= 15 is 0 Å². The van der Waals surface area contributed by atoms with Gasteiger partial charge in [0.15, 0.2) is 0 Å². The smallest absolute Gasteiger partial charge is 0.227 e. The first-order valence-corrected chi connectivity index (χ1v) is 5.42. The molecule has 2 fully saturated rings. The van der Waals surface area contributed by atoms with Gasteiger partial charge in [-0.1, -0.05) is 0 Å². The number of carbonyl (C=O) groups is 2. The van der Waals surface area contributed by atoms with Gasteiger partial charge in [-0.25, -0.2) is 0 Å². The van der Waals surface area contributed by atoms with Crippen molar-refractivity contribution < 1.29 is 9.59 Å². The number of halogens is 1. The van der Waals surface area contributed by atoms with Crippen molar-refractivity contribution in [1.82, 2.24) is 15.5 Å². The number of likely N-dealkylation sites (N-methyl/N-ethyl adjacent to an activating group) is 1. The number of nitrogens with one attached hydrogen (secondary N) is 2. The van der Waals surface area contributed by atoms with Crippen LogP contribution in [0, 0.1) is 5.92 Å². The average Bonchev–Trinajstić information content (AvgIpc) is 2.15. The Morgan fingerprint density at radius 3 is 2.50 bits per heavy atom. The van der Waals surface area contributed by atoms with Gasteiger partial charge < -0.3 is 15.5 Å². The van der Waals surface area contributed by atoms with Crippen LogP contribution in [0.5, 0.6) is 0 Å². The van der Waals surface area contributed by atoms with Gasteiger partial charge in [-0.15, -0.1) is 12.4 Å². The second kappa shape index (κ2) is 5.50. The highest BCUT2D eigenvalue weighted by Crippen LogP contribution is 2.15. The van der Waals surface area contributed by atoms with Gasteiger partial charge in [0.1, 0.15) is 0 Å². The number of piperidine rings is 1. The molecule has 2 N–H and O–H groups in total. The maximum atomic E-state index is 12.0. The van der Waals surface area contributed by atoms with E-state index in [1.807, 2.05) is 11.9 Å². The van der Waals surface area contributed by atoms with E-state index in [1.165, 1.54) is 0 Å². The van der Waals surface area contributed by atoms with E-state index in [-0.39, 0.29) is 30.1 Å². The van der Waals surface area contributed by atoms with Crippen LogP contribution in [0.2, 0.25) is 0 Å². The van der Waals surface area contributed by atoms with Gasteiger partial charge in [-0.05, 0) is 6.42 Å². The van der Waals surface area contributed by atoms with E-state index < -0.39 is 0 Å². The van der Waals surface area contributed by atoms with Crippen molar-refractivity contribution in [2.75, 3.05) is 26.7 Å². The fourth-order valence-corrected chi connectivity index (χ4v) is 1.96. The van der Waals surface area contributed by atoms with Crippen molar-refractivity contribution in [2.45, 2.75) is 18.9 Å². The second-order valence-corrected chi connectivity index (χ2v) is 4.30. The van der Waals surface area contributed by atoms with Gasteiger partial charge in [0.25, 0.3) is 0 Å². The summed E-state index contributed by atoms with van der Waals surface area (Å²) in [6, 6.07) is 0.343. The fraction of sp³-hybridized carbons (Fsp3) is 0.800.